The number of Topliss-reactive ketones (excluding diaryl/α,β-unsaturated/α-hetero) is 1. The highest BCUT2D eigenvalue weighted by Crippen LogP contribution is 2.39. The normalized spacial score (nSPS) is 20.3. The number of aromatic nitrogens is 1. The predicted molar refractivity (Wildman–Crippen MR) is 116 cm³/mol. The van der Waals surface area contributed by atoms with Gasteiger partial charge < -0.3 is 19.3 Å². The zero-order valence-electron chi connectivity index (χ0n) is 18.5. The van der Waals surface area contributed by atoms with Gasteiger partial charge in [-0.25, -0.2) is 9.59 Å². The lowest BCUT2D eigenvalue weighted by atomic mass is 9.82. The smallest absolute Gasteiger partial charge is 0.429 e. The number of carbonyl (C=O) groups excluding carboxylic acids is 2. The summed E-state index contributed by atoms with van der Waals surface area (Å²) < 4.78 is 11.8. The molecule has 1 amide bonds. The molecule has 3 rings (SSSR count). The first-order chi connectivity index (χ1) is 14.2. The Kier molecular flexibility index (Phi) is 5.74. The summed E-state index contributed by atoms with van der Waals surface area (Å²) in [6.07, 6.45) is -1.71. The Morgan fingerprint density at radius 2 is 1.94 bits per heavy atom. The molecule has 1 aliphatic rings. The lowest BCUT2D eigenvalue weighted by Crippen LogP contribution is -2.64. The van der Waals surface area contributed by atoms with Gasteiger partial charge in [0, 0.05) is 12.0 Å². The Morgan fingerprint density at radius 3 is 2.48 bits per heavy atom. The Balaban J connectivity index is 1.75. The number of hydrogen-bond donors (Lipinski definition) is 2. The third kappa shape index (κ3) is 4.22. The van der Waals surface area contributed by atoms with Crippen molar-refractivity contribution in [3.63, 3.8) is 0 Å². The number of hydrogen-bond acceptors (Lipinski definition) is 6. The molecule has 2 heterocycles. The second-order valence-electron chi connectivity index (χ2n) is 9.52. The van der Waals surface area contributed by atoms with E-state index in [9.17, 15) is 19.2 Å². The summed E-state index contributed by atoms with van der Waals surface area (Å²) in [6, 6.07) is 3.81. The molecule has 0 radical (unpaired) electrons. The molecule has 9 nitrogen and oxygen atoms in total. The minimum Gasteiger partial charge on any atom is -0.464 e. The molecule has 0 bridgehead atoms. The van der Waals surface area contributed by atoms with Crippen LogP contribution in [0.2, 0.25) is 18.1 Å². The topological polar surface area (TPSA) is 128 Å². The lowest BCUT2D eigenvalue weighted by molar-refractivity contribution is -0.139. The molecule has 2 aromatic rings. The maximum absolute atomic E-state index is 12.8. The van der Waals surface area contributed by atoms with Gasteiger partial charge >= 0.3 is 11.8 Å². The SMILES string of the molecule is C[C@@H](O[Si](C)(C)C(C)(C)C)[C@H]1C(=O)N[C@@H]1CC(=O)c1ccc2c(c1)oc(=O)n2C(=O)O. The van der Waals surface area contributed by atoms with E-state index >= 15 is 0 Å². The summed E-state index contributed by atoms with van der Waals surface area (Å²) in [5, 5.41) is 11.9. The molecule has 168 valence electrons. The molecule has 10 heteroatoms. The quantitative estimate of drug-likeness (QED) is 0.394. The number of carboxylic acid groups (broad SMARTS) is 1. The maximum Gasteiger partial charge on any atom is 0.429 e. The fraction of sp³-hybridized carbons (Fsp3) is 0.524. The maximum atomic E-state index is 12.8. The van der Waals surface area contributed by atoms with E-state index in [-0.39, 0.29) is 52.0 Å². The zero-order chi connectivity index (χ0) is 23.3. The van der Waals surface area contributed by atoms with Crippen molar-refractivity contribution in [2.24, 2.45) is 5.92 Å². The molecule has 1 aromatic carbocycles. The number of oxazole rings is 1. The molecular weight excluding hydrogens is 420 g/mol. The molecular formula is C21H28N2O7Si. The van der Waals surface area contributed by atoms with Crippen LogP contribution >= 0.6 is 0 Å². The van der Waals surface area contributed by atoms with Gasteiger partial charge in [-0.15, -0.1) is 0 Å². The number of fused-ring (bicyclic) bond motifs is 1. The standard InChI is InChI=1S/C21H28N2O7Si/c1-11(30-31(5,6)21(2,3)4)17-13(22-18(17)25)10-15(24)12-7-8-14-16(9-12)29-20(28)23(14)19(26)27/h7-9,11,13,17H,10H2,1-6H3,(H,22,25)(H,26,27)/t11-,13-,17-/m1/s1. The molecule has 31 heavy (non-hydrogen) atoms. The summed E-state index contributed by atoms with van der Waals surface area (Å²) in [7, 11) is -2.08. The van der Waals surface area contributed by atoms with Crippen LogP contribution in [0.15, 0.2) is 27.4 Å². The Morgan fingerprint density at radius 1 is 1.29 bits per heavy atom. The molecule has 0 unspecified atom stereocenters. The summed E-state index contributed by atoms with van der Waals surface area (Å²) in [5.74, 6) is -1.84. The van der Waals surface area contributed by atoms with Gasteiger partial charge in [0.1, 0.15) is 5.52 Å². The monoisotopic (exact) mass is 448 g/mol. The van der Waals surface area contributed by atoms with Crippen molar-refractivity contribution in [3.8, 4) is 0 Å². The number of nitrogens with zero attached hydrogens (tertiary/aromatic N) is 1. The van der Waals surface area contributed by atoms with Gasteiger partial charge in [-0.2, -0.15) is 4.57 Å². The first-order valence-electron chi connectivity index (χ1n) is 10.1. The van der Waals surface area contributed by atoms with Crippen molar-refractivity contribution in [3.05, 3.63) is 34.3 Å². The van der Waals surface area contributed by atoms with Crippen molar-refractivity contribution in [2.75, 3.05) is 0 Å². The second-order valence-corrected chi connectivity index (χ2v) is 14.3. The number of nitrogens with one attached hydrogen (secondary N) is 1. The summed E-state index contributed by atoms with van der Waals surface area (Å²) in [6.45, 7) is 12.5. The van der Waals surface area contributed by atoms with E-state index in [1.807, 2.05) is 6.92 Å². The van der Waals surface area contributed by atoms with Crippen molar-refractivity contribution in [1.29, 1.82) is 0 Å². The van der Waals surface area contributed by atoms with Crippen molar-refractivity contribution in [2.45, 2.75) is 64.4 Å². The summed E-state index contributed by atoms with van der Waals surface area (Å²) in [4.78, 5) is 47.9. The van der Waals surface area contributed by atoms with Gasteiger partial charge in [-0.3, -0.25) is 9.59 Å². The van der Waals surface area contributed by atoms with Gasteiger partial charge in [-0.05, 0) is 43.3 Å². The van der Waals surface area contributed by atoms with E-state index in [0.29, 0.717) is 4.57 Å². The van der Waals surface area contributed by atoms with Crippen LogP contribution in [0.4, 0.5) is 4.79 Å². The molecule has 3 atom stereocenters. The highest BCUT2D eigenvalue weighted by atomic mass is 28.4. The van der Waals surface area contributed by atoms with E-state index in [0.717, 1.165) is 0 Å². The van der Waals surface area contributed by atoms with Crippen molar-refractivity contribution >= 4 is 37.2 Å². The van der Waals surface area contributed by atoms with E-state index in [1.54, 1.807) is 0 Å². The number of amides is 1. The van der Waals surface area contributed by atoms with Crippen LogP contribution in [0.25, 0.3) is 11.1 Å². The van der Waals surface area contributed by atoms with Crippen LogP contribution in [0.1, 0.15) is 44.5 Å². The average molecular weight is 449 g/mol. The zero-order valence-corrected chi connectivity index (χ0v) is 19.5. The lowest BCUT2D eigenvalue weighted by Gasteiger charge is -2.45. The van der Waals surface area contributed by atoms with Crippen LogP contribution in [0, 0.1) is 5.92 Å². The van der Waals surface area contributed by atoms with Crippen LogP contribution in [0.3, 0.4) is 0 Å². The van der Waals surface area contributed by atoms with Gasteiger partial charge in [0.2, 0.25) is 5.91 Å². The highest BCUT2D eigenvalue weighted by Gasteiger charge is 2.47. The van der Waals surface area contributed by atoms with E-state index < -0.39 is 26.1 Å². The summed E-state index contributed by atoms with van der Waals surface area (Å²) >= 11 is 0. The van der Waals surface area contributed by atoms with Crippen molar-refractivity contribution < 1.29 is 28.3 Å². The third-order valence-corrected chi connectivity index (χ3v) is 10.9. The fourth-order valence-corrected chi connectivity index (χ4v) is 5.01. The fourth-order valence-electron chi connectivity index (χ4n) is 3.58. The summed E-state index contributed by atoms with van der Waals surface area (Å²) in [5.41, 5.74) is 0.360. The molecule has 0 spiro atoms. The second kappa shape index (κ2) is 7.76. The van der Waals surface area contributed by atoms with Crippen LogP contribution in [0.5, 0.6) is 0 Å². The number of ketones is 1. The van der Waals surface area contributed by atoms with E-state index in [1.165, 1.54) is 18.2 Å². The minimum absolute atomic E-state index is 0.00150. The number of benzene rings is 1. The largest absolute Gasteiger partial charge is 0.464 e. The van der Waals surface area contributed by atoms with Crippen LogP contribution in [-0.4, -0.2) is 47.9 Å². The number of rotatable bonds is 6. The third-order valence-electron chi connectivity index (χ3n) is 6.36. The predicted octanol–water partition coefficient (Wildman–Crippen LogP) is 3.22. The van der Waals surface area contributed by atoms with E-state index in [4.69, 9.17) is 13.9 Å². The van der Waals surface area contributed by atoms with Gasteiger partial charge in [0.05, 0.1) is 18.1 Å². The number of carbonyl (C=O) groups is 3. The van der Waals surface area contributed by atoms with E-state index in [2.05, 4.69) is 39.2 Å². The first-order valence-corrected chi connectivity index (χ1v) is 13.0. The molecule has 0 saturated carbocycles. The minimum atomic E-state index is -2.08. The number of β-lactam (4-membered cyclic amide) rings is 1. The average Bonchev–Trinajstić information content (AvgIpc) is 2.94. The Hall–Kier alpha value is -2.72. The molecule has 1 aliphatic heterocycles. The van der Waals surface area contributed by atoms with Gasteiger partial charge in [-0.1, -0.05) is 20.8 Å². The molecule has 1 aromatic heterocycles. The van der Waals surface area contributed by atoms with Gasteiger partial charge in [0.25, 0.3) is 0 Å². The molecule has 1 saturated heterocycles. The highest BCUT2D eigenvalue weighted by molar-refractivity contribution is 6.74. The Bertz CT molecular complexity index is 1110. The van der Waals surface area contributed by atoms with Crippen LogP contribution < -0.4 is 11.1 Å². The molecule has 0 aliphatic carbocycles. The molecule has 2 N–H and O–H groups in total. The van der Waals surface area contributed by atoms with Crippen molar-refractivity contribution in [1.82, 2.24) is 9.88 Å². The first kappa shape index (κ1) is 23.0. The van der Waals surface area contributed by atoms with Crippen LogP contribution in [-0.2, 0) is 9.22 Å². The molecule has 1 fully saturated rings. The van der Waals surface area contributed by atoms with Gasteiger partial charge in [0.15, 0.2) is 19.7 Å². The Labute approximate surface area is 180 Å².